The van der Waals surface area contributed by atoms with Crippen LogP contribution in [-0.4, -0.2) is 40.6 Å². The zero-order valence-corrected chi connectivity index (χ0v) is 21.0. The summed E-state index contributed by atoms with van der Waals surface area (Å²) in [4.78, 5) is 40.0. The molecule has 0 saturated carbocycles. The van der Waals surface area contributed by atoms with E-state index in [0.29, 0.717) is 27.8 Å². The van der Waals surface area contributed by atoms with Gasteiger partial charge in [0, 0.05) is 9.92 Å². The number of carbonyl (C=O) groups excluding carboxylic acids is 2. The van der Waals surface area contributed by atoms with E-state index in [4.69, 9.17) is 25.8 Å². The third kappa shape index (κ3) is 4.98. The highest BCUT2D eigenvalue weighted by atomic mass is 35.5. The molecule has 8 nitrogen and oxygen atoms in total. The van der Waals surface area contributed by atoms with E-state index in [9.17, 15) is 19.5 Å². The Morgan fingerprint density at radius 1 is 1.11 bits per heavy atom. The number of thioether (sulfide) groups is 1. The predicted molar refractivity (Wildman–Crippen MR) is 137 cm³/mol. The Morgan fingerprint density at radius 3 is 2.53 bits per heavy atom. The first-order chi connectivity index (χ1) is 17.3. The van der Waals surface area contributed by atoms with Gasteiger partial charge in [-0.15, -0.1) is 11.8 Å². The van der Waals surface area contributed by atoms with Crippen LogP contribution in [0.5, 0.6) is 17.4 Å². The second kappa shape index (κ2) is 10.9. The lowest BCUT2D eigenvalue weighted by atomic mass is 10.1. The SMILES string of the molecule is CCOC(=O)c1c(SCC)c(C(=O)/C=C/c2ccc3c(c2)OCO3)c(=O)n(-c2ccc(Cl)cc2)c1O. The first-order valence-electron chi connectivity index (χ1n) is 11.1. The summed E-state index contributed by atoms with van der Waals surface area (Å²) in [7, 11) is 0. The molecule has 2 heterocycles. The molecule has 1 N–H and O–H groups in total. The molecule has 0 fully saturated rings. The summed E-state index contributed by atoms with van der Waals surface area (Å²) in [5.41, 5.74) is -0.402. The molecule has 186 valence electrons. The lowest BCUT2D eigenvalue weighted by Gasteiger charge is -2.18. The van der Waals surface area contributed by atoms with Crippen molar-refractivity contribution in [2.24, 2.45) is 0 Å². The molecular formula is C26H22ClNO7S. The number of esters is 1. The zero-order chi connectivity index (χ0) is 25.8. The van der Waals surface area contributed by atoms with Crippen molar-refractivity contribution in [3.8, 4) is 23.1 Å². The van der Waals surface area contributed by atoms with E-state index >= 15 is 0 Å². The van der Waals surface area contributed by atoms with Crippen LogP contribution in [0, 0.1) is 0 Å². The van der Waals surface area contributed by atoms with Gasteiger partial charge in [-0.05, 0) is 60.7 Å². The second-order valence-electron chi connectivity index (χ2n) is 7.48. The average Bonchev–Trinajstić information content (AvgIpc) is 3.32. The van der Waals surface area contributed by atoms with E-state index in [0.717, 1.165) is 16.3 Å². The third-order valence-electron chi connectivity index (χ3n) is 5.23. The van der Waals surface area contributed by atoms with Gasteiger partial charge in [0.05, 0.1) is 12.3 Å². The fourth-order valence-corrected chi connectivity index (χ4v) is 4.70. The Morgan fingerprint density at radius 2 is 1.83 bits per heavy atom. The van der Waals surface area contributed by atoms with Gasteiger partial charge in [0.2, 0.25) is 12.7 Å². The van der Waals surface area contributed by atoms with Crippen molar-refractivity contribution in [1.82, 2.24) is 4.57 Å². The van der Waals surface area contributed by atoms with E-state index in [-0.39, 0.29) is 35.1 Å². The highest BCUT2D eigenvalue weighted by molar-refractivity contribution is 7.99. The fourth-order valence-electron chi connectivity index (χ4n) is 3.64. The Labute approximate surface area is 216 Å². The van der Waals surface area contributed by atoms with Gasteiger partial charge in [0.25, 0.3) is 5.56 Å². The van der Waals surface area contributed by atoms with Crippen LogP contribution in [0.1, 0.15) is 40.1 Å². The molecule has 0 spiro atoms. The van der Waals surface area contributed by atoms with Crippen molar-refractivity contribution < 1.29 is 28.9 Å². The Balaban J connectivity index is 1.89. The predicted octanol–water partition coefficient (Wildman–Crippen LogP) is 5.11. The molecule has 4 rings (SSSR count). The van der Waals surface area contributed by atoms with Gasteiger partial charge in [-0.25, -0.2) is 9.36 Å². The van der Waals surface area contributed by atoms with Crippen molar-refractivity contribution in [2.45, 2.75) is 18.7 Å². The number of ether oxygens (including phenoxy) is 3. The monoisotopic (exact) mass is 527 g/mol. The number of rotatable bonds is 8. The van der Waals surface area contributed by atoms with Gasteiger partial charge < -0.3 is 19.3 Å². The number of fused-ring (bicyclic) bond motifs is 1. The van der Waals surface area contributed by atoms with Crippen LogP contribution in [0.15, 0.2) is 58.2 Å². The summed E-state index contributed by atoms with van der Waals surface area (Å²) in [5.74, 6) is -0.519. The topological polar surface area (TPSA) is 104 Å². The number of benzene rings is 2. The molecule has 0 atom stereocenters. The maximum absolute atomic E-state index is 13.6. The van der Waals surface area contributed by atoms with Crippen molar-refractivity contribution in [2.75, 3.05) is 19.2 Å². The van der Waals surface area contributed by atoms with Crippen molar-refractivity contribution in [3.63, 3.8) is 0 Å². The molecule has 0 aliphatic carbocycles. The molecule has 0 amide bonds. The number of halogens is 1. The third-order valence-corrected chi connectivity index (χ3v) is 6.47. The first-order valence-corrected chi connectivity index (χ1v) is 12.4. The molecule has 1 aliphatic rings. The molecule has 0 radical (unpaired) electrons. The number of hydrogen-bond donors (Lipinski definition) is 1. The van der Waals surface area contributed by atoms with Gasteiger partial charge in [-0.3, -0.25) is 9.59 Å². The molecule has 3 aromatic rings. The van der Waals surface area contributed by atoms with E-state index in [1.807, 2.05) is 0 Å². The average molecular weight is 528 g/mol. The lowest BCUT2D eigenvalue weighted by molar-refractivity contribution is 0.0517. The summed E-state index contributed by atoms with van der Waals surface area (Å²) in [6, 6.07) is 11.2. The highest BCUT2D eigenvalue weighted by Crippen LogP contribution is 2.35. The van der Waals surface area contributed by atoms with E-state index in [1.54, 1.807) is 32.0 Å². The van der Waals surface area contributed by atoms with Gasteiger partial charge in [0.1, 0.15) is 11.1 Å². The summed E-state index contributed by atoms with van der Waals surface area (Å²) >= 11 is 7.07. The largest absolute Gasteiger partial charge is 0.493 e. The normalized spacial score (nSPS) is 12.2. The van der Waals surface area contributed by atoms with Crippen LogP contribution < -0.4 is 15.0 Å². The second-order valence-corrected chi connectivity index (χ2v) is 9.19. The molecule has 2 aromatic carbocycles. The maximum atomic E-state index is 13.6. The first kappa shape index (κ1) is 25.4. The summed E-state index contributed by atoms with van der Waals surface area (Å²) < 4.78 is 16.7. The summed E-state index contributed by atoms with van der Waals surface area (Å²) in [6.07, 6.45) is 2.78. The van der Waals surface area contributed by atoms with Crippen LogP contribution in [0.2, 0.25) is 5.02 Å². The Hall–Kier alpha value is -3.69. The van der Waals surface area contributed by atoms with Crippen LogP contribution in [0.4, 0.5) is 0 Å². The zero-order valence-electron chi connectivity index (χ0n) is 19.4. The Bertz CT molecular complexity index is 1410. The molecular weight excluding hydrogens is 506 g/mol. The number of ketones is 1. The minimum absolute atomic E-state index is 0.0435. The Kier molecular flexibility index (Phi) is 7.71. The van der Waals surface area contributed by atoms with Crippen LogP contribution in [-0.2, 0) is 4.74 Å². The number of allylic oxidation sites excluding steroid dienone is 1. The molecule has 0 bridgehead atoms. The van der Waals surface area contributed by atoms with Gasteiger partial charge in [-0.1, -0.05) is 30.7 Å². The minimum atomic E-state index is -0.845. The van der Waals surface area contributed by atoms with E-state index in [2.05, 4.69) is 0 Å². The molecule has 1 aromatic heterocycles. The van der Waals surface area contributed by atoms with Crippen LogP contribution in [0.3, 0.4) is 0 Å². The van der Waals surface area contributed by atoms with E-state index < -0.39 is 23.2 Å². The van der Waals surface area contributed by atoms with E-state index in [1.165, 1.54) is 36.4 Å². The standard InChI is InChI=1S/C26H22ClNO7S/c1-3-33-26(32)22-23(36-4-2)21(24(30)28(25(22)31)17-9-7-16(27)8-10-17)18(29)11-5-15-6-12-19-20(13-15)35-14-34-19/h5-13,31H,3-4,14H2,1-2H3/b11-5+. The highest BCUT2D eigenvalue weighted by Gasteiger charge is 2.30. The van der Waals surface area contributed by atoms with Gasteiger partial charge in [0.15, 0.2) is 17.3 Å². The van der Waals surface area contributed by atoms with Crippen molar-refractivity contribution >= 4 is 41.2 Å². The maximum Gasteiger partial charge on any atom is 0.344 e. The smallest absolute Gasteiger partial charge is 0.344 e. The fraction of sp³-hybridized carbons (Fsp3) is 0.192. The van der Waals surface area contributed by atoms with Crippen molar-refractivity contribution in [1.29, 1.82) is 0 Å². The molecule has 1 aliphatic heterocycles. The lowest BCUT2D eigenvalue weighted by Crippen LogP contribution is -2.29. The molecule has 36 heavy (non-hydrogen) atoms. The number of aromatic nitrogens is 1. The van der Waals surface area contributed by atoms with Gasteiger partial charge in [-0.2, -0.15) is 0 Å². The summed E-state index contributed by atoms with van der Waals surface area (Å²) in [6.45, 7) is 3.59. The number of aromatic hydroxyl groups is 1. The quantitative estimate of drug-likeness (QED) is 0.186. The summed E-state index contributed by atoms with van der Waals surface area (Å²) in [5, 5.41) is 11.5. The molecule has 10 heteroatoms. The van der Waals surface area contributed by atoms with Crippen LogP contribution >= 0.6 is 23.4 Å². The number of nitrogens with zero attached hydrogens (tertiary/aromatic N) is 1. The van der Waals surface area contributed by atoms with Crippen LogP contribution in [0.25, 0.3) is 11.8 Å². The van der Waals surface area contributed by atoms with Crippen molar-refractivity contribution in [3.05, 3.63) is 80.6 Å². The number of pyridine rings is 1. The van der Waals surface area contributed by atoms with Gasteiger partial charge >= 0.3 is 5.97 Å². The molecule has 0 unspecified atom stereocenters. The minimum Gasteiger partial charge on any atom is -0.493 e. The molecule has 0 saturated heterocycles. The number of carbonyl (C=O) groups is 2. The number of hydrogen-bond acceptors (Lipinski definition) is 8.